The maximum Gasteiger partial charge on any atom is 0.262 e. The van der Waals surface area contributed by atoms with Crippen molar-refractivity contribution < 1.29 is 0 Å². The first kappa shape index (κ1) is 19.0. The van der Waals surface area contributed by atoms with Crippen LogP contribution in [-0.2, 0) is 6.54 Å². The Morgan fingerprint density at radius 2 is 2.17 bits per heavy atom. The summed E-state index contributed by atoms with van der Waals surface area (Å²) < 4.78 is 3.37. The number of anilines is 1. The molecule has 0 radical (unpaired) electrons. The average Bonchev–Trinajstić information content (AvgIpc) is 3.47. The quantitative estimate of drug-likeness (QED) is 0.468. The van der Waals surface area contributed by atoms with Crippen LogP contribution in [0, 0.1) is 5.92 Å². The van der Waals surface area contributed by atoms with Crippen LogP contribution < -0.4 is 16.6 Å². The smallest absolute Gasteiger partial charge is 0.262 e. The molecule has 154 valence electrons. The summed E-state index contributed by atoms with van der Waals surface area (Å²) in [6, 6.07) is 5.16. The molecule has 0 amide bonds. The fourth-order valence-corrected chi connectivity index (χ4v) is 4.02. The third-order valence-electron chi connectivity index (χ3n) is 5.41. The molecule has 9 nitrogen and oxygen atoms in total. The molecule has 3 aromatic heterocycles. The first-order valence-corrected chi connectivity index (χ1v) is 10.3. The lowest BCUT2D eigenvalue weighted by Gasteiger charge is -2.23. The van der Waals surface area contributed by atoms with Crippen LogP contribution >= 0.6 is 11.6 Å². The number of hydrogen-bond donors (Lipinski definition) is 2. The van der Waals surface area contributed by atoms with Crippen LogP contribution in [0.25, 0.3) is 16.6 Å². The Kier molecular flexibility index (Phi) is 4.84. The molecule has 3 heterocycles. The molecule has 0 saturated heterocycles. The highest BCUT2D eigenvalue weighted by molar-refractivity contribution is 6.35. The number of nitrogens with two attached hydrogens (primary N) is 1. The van der Waals surface area contributed by atoms with E-state index < -0.39 is 0 Å². The van der Waals surface area contributed by atoms with Crippen molar-refractivity contribution in [2.45, 2.75) is 31.8 Å². The number of nitrogens with one attached hydrogen (secondary N) is 1. The van der Waals surface area contributed by atoms with E-state index >= 15 is 0 Å². The summed E-state index contributed by atoms with van der Waals surface area (Å²) in [4.78, 5) is 27.0. The summed E-state index contributed by atoms with van der Waals surface area (Å²) in [5.41, 5.74) is 6.81. The van der Waals surface area contributed by atoms with Crippen molar-refractivity contribution in [3.8, 4) is 0 Å². The van der Waals surface area contributed by atoms with E-state index in [0.717, 1.165) is 12.8 Å². The summed E-state index contributed by atoms with van der Waals surface area (Å²) in [5.74, 6) is 1.63. The van der Waals surface area contributed by atoms with E-state index in [-0.39, 0.29) is 11.6 Å². The lowest BCUT2D eigenvalue weighted by molar-refractivity contribution is 0.530. The van der Waals surface area contributed by atoms with Crippen molar-refractivity contribution in [3.63, 3.8) is 0 Å². The Bertz CT molecular complexity index is 1280. The summed E-state index contributed by atoms with van der Waals surface area (Å²) in [6.07, 6.45) is 7.69. The number of aromatic nitrogens is 6. The molecule has 0 spiro atoms. The van der Waals surface area contributed by atoms with E-state index in [4.69, 9.17) is 22.3 Å². The number of hydrogen-bond acceptors (Lipinski definition) is 7. The van der Waals surface area contributed by atoms with Gasteiger partial charge in [-0.2, -0.15) is 5.10 Å². The highest BCUT2D eigenvalue weighted by Crippen LogP contribution is 2.42. The van der Waals surface area contributed by atoms with Gasteiger partial charge < -0.3 is 11.1 Å². The van der Waals surface area contributed by atoms with Crippen molar-refractivity contribution in [3.05, 3.63) is 58.1 Å². The Morgan fingerprint density at radius 1 is 1.30 bits per heavy atom. The minimum atomic E-state index is -0.186. The van der Waals surface area contributed by atoms with Crippen molar-refractivity contribution >= 4 is 34.0 Å². The third-order valence-corrected chi connectivity index (χ3v) is 5.72. The number of benzene rings is 1. The predicted octanol–water partition coefficient (Wildman–Crippen LogP) is 2.40. The fraction of sp³-hybridized carbons (Fsp3) is 0.350. The maximum absolute atomic E-state index is 13.4. The highest BCUT2D eigenvalue weighted by atomic mass is 35.5. The van der Waals surface area contributed by atoms with E-state index in [0.29, 0.717) is 58.6 Å². The fourth-order valence-electron chi connectivity index (χ4n) is 3.77. The Balaban J connectivity index is 1.66. The summed E-state index contributed by atoms with van der Waals surface area (Å²) in [5, 5.41) is 8.50. The summed E-state index contributed by atoms with van der Waals surface area (Å²) in [7, 11) is 0. The molecular weight excluding hydrogens is 404 g/mol. The van der Waals surface area contributed by atoms with Gasteiger partial charge in [-0.25, -0.2) is 19.5 Å². The van der Waals surface area contributed by atoms with Crippen LogP contribution in [0.4, 0.5) is 5.82 Å². The molecule has 1 atom stereocenters. The van der Waals surface area contributed by atoms with E-state index in [2.05, 4.69) is 20.4 Å². The predicted molar refractivity (Wildman–Crippen MR) is 115 cm³/mol. The molecule has 3 N–H and O–H groups in total. The summed E-state index contributed by atoms with van der Waals surface area (Å²) >= 11 is 6.34. The Hall–Kier alpha value is -3.04. The van der Waals surface area contributed by atoms with Gasteiger partial charge in [0.1, 0.15) is 12.2 Å². The molecule has 10 heteroatoms. The van der Waals surface area contributed by atoms with Gasteiger partial charge in [0.2, 0.25) is 0 Å². The van der Waals surface area contributed by atoms with Crippen molar-refractivity contribution in [1.82, 2.24) is 29.1 Å². The normalized spacial score (nSPS) is 15.0. The second-order valence-electron chi connectivity index (χ2n) is 7.47. The molecule has 1 aromatic carbocycles. The number of halogens is 1. The van der Waals surface area contributed by atoms with Gasteiger partial charge in [-0.3, -0.25) is 9.36 Å². The van der Waals surface area contributed by atoms with Gasteiger partial charge >= 0.3 is 0 Å². The molecule has 1 unspecified atom stereocenters. The number of nitrogens with zero attached hydrogens (tertiary/aromatic N) is 6. The van der Waals surface area contributed by atoms with Crippen molar-refractivity contribution in [2.24, 2.45) is 11.7 Å². The SMILES string of the molecule is NCCCn1c(C(Nc2ncnn3ccnc23)C2CC2)nc2cccc(Cl)c2c1=O. The van der Waals surface area contributed by atoms with Crippen LogP contribution in [0.2, 0.25) is 5.02 Å². The van der Waals surface area contributed by atoms with Crippen molar-refractivity contribution in [1.29, 1.82) is 0 Å². The minimum absolute atomic E-state index is 0.143. The Morgan fingerprint density at radius 3 is 2.97 bits per heavy atom. The second kappa shape index (κ2) is 7.66. The lowest BCUT2D eigenvalue weighted by Crippen LogP contribution is -2.31. The molecule has 1 aliphatic rings. The van der Waals surface area contributed by atoms with E-state index in [9.17, 15) is 4.79 Å². The zero-order valence-electron chi connectivity index (χ0n) is 16.2. The molecule has 5 rings (SSSR count). The van der Waals surface area contributed by atoms with E-state index in [1.54, 1.807) is 27.5 Å². The van der Waals surface area contributed by atoms with Gasteiger partial charge in [0.25, 0.3) is 5.56 Å². The first-order chi connectivity index (χ1) is 14.7. The van der Waals surface area contributed by atoms with E-state index in [1.165, 1.54) is 6.33 Å². The average molecular weight is 425 g/mol. The van der Waals surface area contributed by atoms with Crippen molar-refractivity contribution in [2.75, 3.05) is 11.9 Å². The molecular formula is C20H21ClN8O. The topological polar surface area (TPSA) is 116 Å². The van der Waals surface area contributed by atoms with Gasteiger partial charge in [0.05, 0.1) is 22.0 Å². The molecule has 1 fully saturated rings. The highest BCUT2D eigenvalue weighted by Gasteiger charge is 2.36. The largest absolute Gasteiger partial charge is 0.357 e. The Labute approximate surface area is 176 Å². The zero-order valence-corrected chi connectivity index (χ0v) is 17.0. The van der Waals surface area contributed by atoms with Crippen LogP contribution in [0.15, 0.2) is 41.7 Å². The standard InChI is InChI=1S/C20H21ClN8O/c21-13-3-1-4-14-15(13)20(30)28(9-2-7-22)18(26-14)16(12-5-6-12)27-17-19-23-8-10-29(19)25-11-24-17/h1,3-4,8,10-12,16H,2,5-7,9,22H2,(H,24,25,27). The molecule has 0 aliphatic heterocycles. The number of fused-ring (bicyclic) bond motifs is 2. The number of rotatable bonds is 7. The molecule has 1 saturated carbocycles. The third kappa shape index (κ3) is 3.29. The van der Waals surface area contributed by atoms with Gasteiger partial charge in [-0.1, -0.05) is 17.7 Å². The van der Waals surface area contributed by atoms with E-state index in [1.807, 2.05) is 12.1 Å². The maximum atomic E-state index is 13.4. The van der Waals surface area contributed by atoms with Crippen LogP contribution in [0.5, 0.6) is 0 Å². The molecule has 4 aromatic rings. The van der Waals surface area contributed by atoms with Crippen LogP contribution in [0.3, 0.4) is 0 Å². The van der Waals surface area contributed by atoms with Crippen LogP contribution in [0.1, 0.15) is 31.1 Å². The lowest BCUT2D eigenvalue weighted by atomic mass is 10.1. The summed E-state index contributed by atoms with van der Waals surface area (Å²) in [6.45, 7) is 0.959. The first-order valence-electron chi connectivity index (χ1n) is 9.97. The zero-order chi connectivity index (χ0) is 20.7. The van der Waals surface area contributed by atoms with Crippen LogP contribution in [-0.4, -0.2) is 35.7 Å². The van der Waals surface area contributed by atoms with Gasteiger partial charge in [-0.15, -0.1) is 0 Å². The molecule has 30 heavy (non-hydrogen) atoms. The molecule has 1 aliphatic carbocycles. The van der Waals surface area contributed by atoms with Gasteiger partial charge in [0.15, 0.2) is 11.5 Å². The van der Waals surface area contributed by atoms with Gasteiger partial charge in [-0.05, 0) is 43.9 Å². The monoisotopic (exact) mass is 424 g/mol. The number of imidazole rings is 1. The second-order valence-corrected chi connectivity index (χ2v) is 7.87. The van der Waals surface area contributed by atoms with Gasteiger partial charge in [0, 0.05) is 18.9 Å². The molecule has 0 bridgehead atoms. The minimum Gasteiger partial charge on any atom is -0.357 e.